The van der Waals surface area contributed by atoms with Crippen LogP contribution < -0.4 is 10.1 Å². The van der Waals surface area contributed by atoms with E-state index in [2.05, 4.69) is 10.3 Å². The fourth-order valence-corrected chi connectivity index (χ4v) is 2.55. The van der Waals surface area contributed by atoms with Crippen molar-refractivity contribution in [2.75, 3.05) is 6.61 Å². The number of aliphatic hydroxyl groups is 1. The van der Waals surface area contributed by atoms with E-state index in [-0.39, 0.29) is 18.6 Å². The van der Waals surface area contributed by atoms with E-state index in [1.54, 1.807) is 17.6 Å². The molecular weight excluding hydrogens is 300 g/mol. The number of amides is 1. The van der Waals surface area contributed by atoms with Gasteiger partial charge in [0.05, 0.1) is 16.8 Å². The normalized spacial score (nSPS) is 11.9. The largest absolute Gasteiger partial charge is 0.486 e. The summed E-state index contributed by atoms with van der Waals surface area (Å²) in [4.78, 5) is 16.5. The molecule has 5 nitrogen and oxygen atoms in total. The lowest BCUT2D eigenvalue weighted by molar-refractivity contribution is 0.0932. The van der Waals surface area contributed by atoms with Gasteiger partial charge in [0.15, 0.2) is 0 Å². The van der Waals surface area contributed by atoms with Crippen LogP contribution in [0.15, 0.2) is 35.2 Å². The number of nitrogens with one attached hydrogen (secondary N) is 1. The molecule has 1 aromatic heterocycles. The molecular formula is C16H20N2O3S. The minimum atomic E-state index is -0.167. The Balaban J connectivity index is 1.99. The summed E-state index contributed by atoms with van der Waals surface area (Å²) in [5.41, 5.74) is 3.10. The van der Waals surface area contributed by atoms with E-state index in [0.29, 0.717) is 24.3 Å². The number of para-hydroxylation sites is 1. The van der Waals surface area contributed by atoms with Gasteiger partial charge in [-0.15, -0.1) is 11.3 Å². The number of thiazole rings is 1. The van der Waals surface area contributed by atoms with Gasteiger partial charge in [-0.25, -0.2) is 4.98 Å². The lowest BCUT2D eigenvalue weighted by Gasteiger charge is -2.15. The molecule has 0 fully saturated rings. The highest BCUT2D eigenvalue weighted by Crippen LogP contribution is 2.19. The summed E-state index contributed by atoms with van der Waals surface area (Å²) in [5.74, 6) is 0.377. The van der Waals surface area contributed by atoms with E-state index in [4.69, 9.17) is 9.84 Å². The molecule has 0 aliphatic carbocycles. The van der Waals surface area contributed by atoms with Gasteiger partial charge in [-0.05, 0) is 31.9 Å². The highest BCUT2D eigenvalue weighted by Gasteiger charge is 2.14. The van der Waals surface area contributed by atoms with E-state index in [1.807, 2.05) is 24.4 Å². The molecule has 1 heterocycles. The lowest BCUT2D eigenvalue weighted by atomic mass is 10.1. The van der Waals surface area contributed by atoms with E-state index in [1.165, 1.54) is 11.3 Å². The number of rotatable bonds is 8. The number of benzene rings is 1. The van der Waals surface area contributed by atoms with Crippen LogP contribution in [0, 0.1) is 0 Å². The van der Waals surface area contributed by atoms with Gasteiger partial charge >= 0.3 is 0 Å². The number of ether oxygens (including phenoxy) is 1. The monoisotopic (exact) mass is 320 g/mol. The van der Waals surface area contributed by atoms with Crippen LogP contribution in [-0.4, -0.2) is 28.6 Å². The maximum absolute atomic E-state index is 12.3. The van der Waals surface area contributed by atoms with Crippen molar-refractivity contribution in [3.8, 4) is 5.75 Å². The minimum absolute atomic E-state index is 0.00578. The molecule has 2 N–H and O–H groups in total. The van der Waals surface area contributed by atoms with Crippen LogP contribution in [0.25, 0.3) is 0 Å². The third kappa shape index (κ3) is 4.82. The standard InChI is InChI=1S/C16H20N2O3S/c1-12(5-4-8-19)18-16(20)14-6-2-3-7-15(14)21-9-13-10-22-11-17-13/h2-3,6-7,10-12,19H,4-5,8-9H2,1H3,(H,18,20). The number of carbonyl (C=O) groups excluding carboxylic acids is 1. The second-order valence-corrected chi connectivity index (χ2v) is 5.72. The Morgan fingerprint density at radius 2 is 2.27 bits per heavy atom. The van der Waals surface area contributed by atoms with Crippen molar-refractivity contribution in [1.29, 1.82) is 0 Å². The third-order valence-electron chi connectivity index (χ3n) is 3.16. The predicted octanol–water partition coefficient (Wildman–Crippen LogP) is 2.61. The van der Waals surface area contributed by atoms with Gasteiger partial charge in [0.2, 0.25) is 0 Å². The Labute approximate surface area is 134 Å². The second kappa shape index (κ2) is 8.51. The first-order valence-electron chi connectivity index (χ1n) is 7.21. The second-order valence-electron chi connectivity index (χ2n) is 5.00. The molecule has 1 aromatic carbocycles. The molecule has 22 heavy (non-hydrogen) atoms. The smallest absolute Gasteiger partial charge is 0.255 e. The molecule has 1 atom stereocenters. The van der Waals surface area contributed by atoms with Crippen molar-refractivity contribution in [2.45, 2.75) is 32.4 Å². The molecule has 0 saturated carbocycles. The highest BCUT2D eigenvalue weighted by atomic mass is 32.1. The summed E-state index contributed by atoms with van der Waals surface area (Å²) >= 11 is 1.51. The van der Waals surface area contributed by atoms with Crippen molar-refractivity contribution >= 4 is 17.2 Å². The van der Waals surface area contributed by atoms with Gasteiger partial charge in [0, 0.05) is 18.0 Å². The van der Waals surface area contributed by atoms with E-state index in [9.17, 15) is 4.79 Å². The van der Waals surface area contributed by atoms with Crippen LogP contribution in [0.3, 0.4) is 0 Å². The average molecular weight is 320 g/mol. The highest BCUT2D eigenvalue weighted by molar-refractivity contribution is 7.07. The van der Waals surface area contributed by atoms with Crippen LogP contribution in [0.5, 0.6) is 5.75 Å². The van der Waals surface area contributed by atoms with Gasteiger partial charge in [0.1, 0.15) is 12.4 Å². The van der Waals surface area contributed by atoms with Crippen LogP contribution >= 0.6 is 11.3 Å². The predicted molar refractivity (Wildman–Crippen MR) is 86.1 cm³/mol. The van der Waals surface area contributed by atoms with E-state index in [0.717, 1.165) is 12.1 Å². The fourth-order valence-electron chi connectivity index (χ4n) is 2.01. The Kier molecular flexibility index (Phi) is 6.36. The molecule has 6 heteroatoms. The van der Waals surface area contributed by atoms with E-state index < -0.39 is 0 Å². The lowest BCUT2D eigenvalue weighted by Crippen LogP contribution is -2.32. The average Bonchev–Trinajstić information content (AvgIpc) is 3.04. The van der Waals surface area contributed by atoms with Crippen molar-refractivity contribution in [3.05, 3.63) is 46.4 Å². The topological polar surface area (TPSA) is 71.5 Å². The zero-order chi connectivity index (χ0) is 15.8. The Bertz CT molecular complexity index is 587. The summed E-state index contributed by atoms with van der Waals surface area (Å²) in [6, 6.07) is 7.17. The van der Waals surface area contributed by atoms with Gasteiger partial charge in [0.25, 0.3) is 5.91 Å². The fraction of sp³-hybridized carbons (Fsp3) is 0.375. The van der Waals surface area contributed by atoms with E-state index >= 15 is 0 Å². The molecule has 0 saturated heterocycles. The summed E-state index contributed by atoms with van der Waals surface area (Å²) in [5, 5.41) is 13.7. The molecule has 0 aliphatic rings. The molecule has 2 rings (SSSR count). The summed E-state index contributed by atoms with van der Waals surface area (Å²) in [6.07, 6.45) is 1.41. The Morgan fingerprint density at radius 3 is 3.00 bits per heavy atom. The molecule has 2 aromatic rings. The van der Waals surface area contributed by atoms with Crippen LogP contribution in [0.1, 0.15) is 35.8 Å². The number of aliphatic hydroxyl groups excluding tert-OH is 1. The number of carbonyl (C=O) groups is 1. The SMILES string of the molecule is CC(CCCO)NC(=O)c1ccccc1OCc1cscn1. The molecule has 0 spiro atoms. The van der Waals surface area contributed by atoms with Crippen molar-refractivity contribution < 1.29 is 14.6 Å². The third-order valence-corrected chi connectivity index (χ3v) is 3.80. The quantitative estimate of drug-likeness (QED) is 0.784. The number of aromatic nitrogens is 1. The van der Waals surface area contributed by atoms with Gasteiger partial charge < -0.3 is 15.2 Å². The molecule has 0 aliphatic heterocycles. The molecule has 0 bridgehead atoms. The maximum atomic E-state index is 12.3. The molecule has 118 valence electrons. The van der Waals surface area contributed by atoms with Crippen molar-refractivity contribution in [2.24, 2.45) is 0 Å². The Morgan fingerprint density at radius 1 is 1.45 bits per heavy atom. The van der Waals surface area contributed by atoms with Gasteiger partial charge in [-0.3, -0.25) is 4.79 Å². The Hall–Kier alpha value is -1.92. The van der Waals surface area contributed by atoms with Crippen LogP contribution in [0.4, 0.5) is 0 Å². The van der Waals surface area contributed by atoms with Crippen LogP contribution in [0.2, 0.25) is 0 Å². The number of hydrogen-bond donors (Lipinski definition) is 2. The zero-order valence-electron chi connectivity index (χ0n) is 12.5. The molecule has 1 unspecified atom stereocenters. The van der Waals surface area contributed by atoms with Gasteiger partial charge in [-0.1, -0.05) is 12.1 Å². The van der Waals surface area contributed by atoms with Crippen LogP contribution in [-0.2, 0) is 6.61 Å². The summed E-state index contributed by atoms with van der Waals surface area (Å²) in [6.45, 7) is 2.40. The minimum Gasteiger partial charge on any atom is -0.486 e. The van der Waals surface area contributed by atoms with Crippen molar-refractivity contribution in [3.63, 3.8) is 0 Å². The summed E-state index contributed by atoms with van der Waals surface area (Å²) < 4.78 is 5.71. The first-order valence-corrected chi connectivity index (χ1v) is 8.15. The van der Waals surface area contributed by atoms with Gasteiger partial charge in [-0.2, -0.15) is 0 Å². The maximum Gasteiger partial charge on any atom is 0.255 e. The molecule has 0 radical (unpaired) electrons. The first kappa shape index (κ1) is 16.5. The van der Waals surface area contributed by atoms with Crippen molar-refractivity contribution in [1.82, 2.24) is 10.3 Å². The zero-order valence-corrected chi connectivity index (χ0v) is 13.3. The number of nitrogens with zero attached hydrogens (tertiary/aromatic N) is 1. The number of hydrogen-bond acceptors (Lipinski definition) is 5. The first-order chi connectivity index (χ1) is 10.7. The summed E-state index contributed by atoms with van der Waals surface area (Å²) in [7, 11) is 0. The molecule has 1 amide bonds.